The van der Waals surface area contributed by atoms with Gasteiger partial charge in [-0.1, -0.05) is 25.3 Å². The zero-order valence-electron chi connectivity index (χ0n) is 15.9. The van der Waals surface area contributed by atoms with Crippen LogP contribution < -0.4 is 4.90 Å². The van der Waals surface area contributed by atoms with Gasteiger partial charge in [-0.15, -0.1) is 11.3 Å². The van der Waals surface area contributed by atoms with Crippen LogP contribution in [0.3, 0.4) is 0 Å². The monoisotopic (exact) mass is 406 g/mol. The molecular weight excluding hydrogens is 378 g/mol. The van der Waals surface area contributed by atoms with Crippen molar-refractivity contribution < 1.29 is 9.69 Å². The van der Waals surface area contributed by atoms with Gasteiger partial charge in [-0.2, -0.15) is 9.78 Å². The maximum atomic E-state index is 12.5. The summed E-state index contributed by atoms with van der Waals surface area (Å²) in [5.41, 5.74) is 0. The molecule has 4 rings (SSSR count). The van der Waals surface area contributed by atoms with Gasteiger partial charge in [-0.3, -0.25) is 4.79 Å². The van der Waals surface area contributed by atoms with Crippen molar-refractivity contribution in [2.24, 2.45) is 0 Å². The predicted octanol–water partition coefficient (Wildman–Crippen LogP) is 2.29. The summed E-state index contributed by atoms with van der Waals surface area (Å²) >= 11 is 7.29. The van der Waals surface area contributed by atoms with E-state index < -0.39 is 0 Å². The molecule has 8 heteroatoms. The normalized spacial score (nSPS) is 19.5. The van der Waals surface area contributed by atoms with Gasteiger partial charge < -0.3 is 14.4 Å². The fraction of sp³-hybridized carbons (Fsp3) is 0.632. The zero-order valence-corrected chi connectivity index (χ0v) is 17.5. The molecule has 0 unspecified atom stereocenters. The molecule has 2 fully saturated rings. The van der Waals surface area contributed by atoms with Crippen molar-refractivity contribution in [3.63, 3.8) is 0 Å². The maximum Gasteiger partial charge on any atom is 0.264 e. The number of quaternary nitrogens is 1. The topological polar surface area (TPSA) is 47.5 Å². The lowest BCUT2D eigenvalue weighted by molar-refractivity contribution is -0.927. The molecule has 0 radical (unpaired) electrons. The summed E-state index contributed by atoms with van der Waals surface area (Å²) in [6, 6.07) is 4.37. The van der Waals surface area contributed by atoms with Crippen LogP contribution in [0.2, 0.25) is 0 Å². The average Bonchev–Trinajstić information content (AvgIpc) is 3.31. The van der Waals surface area contributed by atoms with Crippen LogP contribution in [0.15, 0.2) is 17.5 Å². The molecule has 2 aromatic rings. The van der Waals surface area contributed by atoms with E-state index in [4.69, 9.17) is 17.3 Å². The highest BCUT2D eigenvalue weighted by atomic mass is 32.1. The first kappa shape index (κ1) is 18.8. The minimum absolute atomic E-state index is 0.165. The largest absolute Gasteiger partial charge is 0.327 e. The molecule has 1 aliphatic carbocycles. The third-order valence-corrected chi connectivity index (χ3v) is 7.11. The molecule has 1 saturated heterocycles. The Balaban J connectivity index is 1.38. The Hall–Kier alpha value is -1.51. The minimum Gasteiger partial charge on any atom is -0.327 e. The highest BCUT2D eigenvalue weighted by molar-refractivity contribution is 7.71. The standard InChI is InChI=1S/C19H27N5OS2/c1-15-20-23(19(26)24(15)16-6-3-2-4-7-16)14-21-9-11-22(12-10-21)18(25)17-8-5-13-27-17/h5,8,13,16H,2-4,6-7,9-12,14H2,1H3/p+1. The van der Waals surface area contributed by atoms with Crippen LogP contribution >= 0.6 is 23.6 Å². The summed E-state index contributed by atoms with van der Waals surface area (Å²) in [6.45, 7) is 6.33. The van der Waals surface area contributed by atoms with E-state index in [0.717, 1.165) is 48.3 Å². The van der Waals surface area contributed by atoms with E-state index in [2.05, 4.69) is 11.5 Å². The number of thiophene rings is 1. The fourth-order valence-electron chi connectivity index (χ4n) is 4.34. The van der Waals surface area contributed by atoms with Crippen LogP contribution in [0.1, 0.15) is 53.6 Å². The zero-order chi connectivity index (χ0) is 18.8. The smallest absolute Gasteiger partial charge is 0.264 e. The number of nitrogens with one attached hydrogen (secondary N) is 1. The predicted molar refractivity (Wildman–Crippen MR) is 109 cm³/mol. The van der Waals surface area contributed by atoms with Gasteiger partial charge in [0.25, 0.3) is 5.91 Å². The molecule has 27 heavy (non-hydrogen) atoms. The second kappa shape index (κ2) is 8.24. The molecule has 1 saturated carbocycles. The first-order valence-electron chi connectivity index (χ1n) is 9.96. The Morgan fingerprint density at radius 3 is 2.70 bits per heavy atom. The Kier molecular flexibility index (Phi) is 5.75. The summed E-state index contributed by atoms with van der Waals surface area (Å²) in [5, 5.41) is 6.71. The maximum absolute atomic E-state index is 12.5. The molecule has 1 N–H and O–H groups in total. The molecule has 3 heterocycles. The van der Waals surface area contributed by atoms with E-state index in [1.54, 1.807) is 0 Å². The number of carbonyl (C=O) groups is 1. The van der Waals surface area contributed by atoms with E-state index in [1.165, 1.54) is 48.3 Å². The number of nitrogens with zero attached hydrogens (tertiary/aromatic N) is 4. The Morgan fingerprint density at radius 2 is 2.04 bits per heavy atom. The first-order valence-corrected chi connectivity index (χ1v) is 11.2. The van der Waals surface area contributed by atoms with Gasteiger partial charge in [-0.05, 0) is 43.4 Å². The molecule has 0 aromatic carbocycles. The highest BCUT2D eigenvalue weighted by Gasteiger charge is 2.26. The lowest BCUT2D eigenvalue weighted by atomic mass is 9.95. The van der Waals surface area contributed by atoms with Crippen molar-refractivity contribution in [3.8, 4) is 0 Å². The number of aryl methyl sites for hydroxylation is 1. The summed E-state index contributed by atoms with van der Waals surface area (Å²) in [5.74, 6) is 1.20. The number of rotatable bonds is 4. The number of aromatic nitrogens is 3. The average molecular weight is 407 g/mol. The van der Waals surface area contributed by atoms with Gasteiger partial charge in [0.2, 0.25) is 4.77 Å². The molecule has 6 nitrogen and oxygen atoms in total. The third-order valence-electron chi connectivity index (χ3n) is 5.84. The van der Waals surface area contributed by atoms with Crippen LogP contribution in [0.5, 0.6) is 0 Å². The molecule has 0 spiro atoms. The number of piperazine rings is 1. The summed E-state index contributed by atoms with van der Waals surface area (Å²) in [6.07, 6.45) is 6.37. The van der Waals surface area contributed by atoms with Crippen molar-refractivity contribution in [2.75, 3.05) is 26.2 Å². The van der Waals surface area contributed by atoms with Gasteiger partial charge in [0.1, 0.15) is 5.82 Å². The Bertz CT molecular complexity index is 827. The number of carbonyl (C=O) groups excluding carboxylic acids is 1. The molecule has 146 valence electrons. The van der Waals surface area contributed by atoms with Gasteiger partial charge in [-0.25, -0.2) is 0 Å². The van der Waals surface area contributed by atoms with Crippen LogP contribution in [0, 0.1) is 11.7 Å². The van der Waals surface area contributed by atoms with E-state index in [-0.39, 0.29) is 5.91 Å². The third kappa shape index (κ3) is 4.02. The van der Waals surface area contributed by atoms with E-state index in [9.17, 15) is 4.79 Å². The minimum atomic E-state index is 0.165. The number of hydrogen-bond donors (Lipinski definition) is 1. The lowest BCUT2D eigenvalue weighted by Crippen LogP contribution is -3.14. The van der Waals surface area contributed by atoms with Crippen molar-refractivity contribution in [1.82, 2.24) is 19.2 Å². The van der Waals surface area contributed by atoms with Crippen molar-refractivity contribution in [2.45, 2.75) is 51.7 Å². The van der Waals surface area contributed by atoms with Crippen molar-refractivity contribution in [1.29, 1.82) is 0 Å². The summed E-state index contributed by atoms with van der Waals surface area (Å²) in [7, 11) is 0. The summed E-state index contributed by atoms with van der Waals surface area (Å²) < 4.78 is 5.15. The van der Waals surface area contributed by atoms with E-state index in [0.29, 0.717) is 6.04 Å². The van der Waals surface area contributed by atoms with Crippen molar-refractivity contribution in [3.05, 3.63) is 33.0 Å². The van der Waals surface area contributed by atoms with Crippen molar-refractivity contribution >= 4 is 29.5 Å². The molecular formula is C19H28N5OS2+. The first-order chi connectivity index (χ1) is 13.1. The van der Waals surface area contributed by atoms with Gasteiger partial charge in [0.15, 0.2) is 6.67 Å². The second-order valence-electron chi connectivity index (χ2n) is 7.67. The SMILES string of the molecule is Cc1nn(C[NH+]2CCN(C(=O)c3cccs3)CC2)c(=S)n1C1CCCCC1. The number of amides is 1. The second-order valence-corrected chi connectivity index (χ2v) is 8.98. The quantitative estimate of drug-likeness (QED) is 0.793. The van der Waals surface area contributed by atoms with Crippen LogP contribution in [0.25, 0.3) is 0 Å². The molecule has 1 amide bonds. The van der Waals surface area contributed by atoms with Crippen LogP contribution in [-0.2, 0) is 6.67 Å². The lowest BCUT2D eigenvalue weighted by Gasteiger charge is -2.31. The highest BCUT2D eigenvalue weighted by Crippen LogP contribution is 2.29. The Morgan fingerprint density at radius 1 is 1.30 bits per heavy atom. The van der Waals surface area contributed by atoms with Gasteiger partial charge >= 0.3 is 0 Å². The molecule has 1 aliphatic heterocycles. The van der Waals surface area contributed by atoms with E-state index >= 15 is 0 Å². The summed E-state index contributed by atoms with van der Waals surface area (Å²) in [4.78, 5) is 16.7. The number of hydrogen-bond acceptors (Lipinski definition) is 4. The van der Waals surface area contributed by atoms with Gasteiger partial charge in [0.05, 0.1) is 31.1 Å². The van der Waals surface area contributed by atoms with Crippen LogP contribution in [-0.4, -0.2) is 51.3 Å². The van der Waals surface area contributed by atoms with Crippen LogP contribution in [0.4, 0.5) is 0 Å². The molecule has 2 aromatic heterocycles. The Labute approximate surface area is 169 Å². The van der Waals surface area contributed by atoms with Gasteiger partial charge in [0, 0.05) is 6.04 Å². The molecule has 2 aliphatic rings. The van der Waals surface area contributed by atoms with E-state index in [1.807, 2.05) is 27.1 Å². The molecule has 0 bridgehead atoms. The fourth-order valence-corrected chi connectivity index (χ4v) is 5.42. The molecule has 0 atom stereocenters.